The Labute approximate surface area is 121 Å². The van der Waals surface area contributed by atoms with Gasteiger partial charge in [-0.15, -0.1) is 10.2 Å². The van der Waals surface area contributed by atoms with Gasteiger partial charge in [0.25, 0.3) is 5.91 Å². The molecule has 3 rings (SSSR count). The predicted octanol–water partition coefficient (Wildman–Crippen LogP) is 1.32. The van der Waals surface area contributed by atoms with Crippen LogP contribution >= 0.6 is 0 Å². The lowest BCUT2D eigenvalue weighted by atomic mass is 10.3. The minimum Gasteiger partial charge on any atom is -0.341 e. The molecule has 7 heteroatoms. The maximum Gasteiger partial charge on any atom is 0.272 e. The highest BCUT2D eigenvalue weighted by atomic mass is 16.1. The molecule has 0 aliphatic heterocycles. The van der Waals surface area contributed by atoms with Crippen LogP contribution in [-0.4, -0.2) is 30.5 Å². The summed E-state index contributed by atoms with van der Waals surface area (Å²) < 4.78 is 1.84. The third kappa shape index (κ3) is 2.58. The zero-order chi connectivity index (χ0) is 14.8. The first kappa shape index (κ1) is 13.2. The minimum atomic E-state index is -0.294. The van der Waals surface area contributed by atoms with Crippen molar-refractivity contribution in [3.05, 3.63) is 54.0 Å². The van der Waals surface area contributed by atoms with Crippen molar-refractivity contribution in [3.8, 4) is 0 Å². The first-order chi connectivity index (χ1) is 10.1. The lowest BCUT2D eigenvalue weighted by Gasteiger charge is -2.11. The van der Waals surface area contributed by atoms with E-state index in [1.807, 2.05) is 42.6 Å². The van der Waals surface area contributed by atoms with Gasteiger partial charge < -0.3 is 5.32 Å². The van der Waals surface area contributed by atoms with Gasteiger partial charge in [0.2, 0.25) is 0 Å². The summed E-state index contributed by atoms with van der Waals surface area (Å²) in [6.45, 7) is 3.67. The Hall–Kier alpha value is -2.83. The van der Waals surface area contributed by atoms with Crippen molar-refractivity contribution in [2.24, 2.45) is 0 Å². The summed E-state index contributed by atoms with van der Waals surface area (Å²) in [7, 11) is 0. The number of fused-ring (bicyclic) bond motifs is 1. The molecule has 0 aliphatic carbocycles. The summed E-state index contributed by atoms with van der Waals surface area (Å²) in [5, 5.41) is 11.0. The molecule has 21 heavy (non-hydrogen) atoms. The van der Waals surface area contributed by atoms with Crippen LogP contribution in [0, 0.1) is 6.92 Å². The molecule has 0 fully saturated rings. The highest BCUT2D eigenvalue weighted by Gasteiger charge is 2.17. The molecular formula is C14H14N6O. The summed E-state index contributed by atoms with van der Waals surface area (Å²) in [6.07, 6.45) is 4.88. The first-order valence-electron chi connectivity index (χ1n) is 6.54. The Balaban J connectivity index is 1.81. The smallest absolute Gasteiger partial charge is 0.272 e. The highest BCUT2D eigenvalue weighted by molar-refractivity contribution is 5.92. The van der Waals surface area contributed by atoms with Gasteiger partial charge in [0.15, 0.2) is 11.5 Å². The van der Waals surface area contributed by atoms with Crippen molar-refractivity contribution in [2.45, 2.75) is 19.9 Å². The van der Waals surface area contributed by atoms with E-state index < -0.39 is 0 Å². The van der Waals surface area contributed by atoms with Gasteiger partial charge in [0, 0.05) is 12.4 Å². The van der Waals surface area contributed by atoms with Crippen LogP contribution in [0.15, 0.2) is 36.8 Å². The van der Waals surface area contributed by atoms with E-state index in [-0.39, 0.29) is 17.6 Å². The molecular weight excluding hydrogens is 268 g/mol. The maximum absolute atomic E-state index is 12.1. The van der Waals surface area contributed by atoms with Gasteiger partial charge in [-0.3, -0.25) is 14.2 Å². The molecule has 0 saturated heterocycles. The topological polar surface area (TPSA) is 85.1 Å². The van der Waals surface area contributed by atoms with Crippen LogP contribution in [0.5, 0.6) is 0 Å². The van der Waals surface area contributed by atoms with Crippen LogP contribution in [0.4, 0.5) is 0 Å². The largest absolute Gasteiger partial charge is 0.341 e. The van der Waals surface area contributed by atoms with Crippen LogP contribution in [0.2, 0.25) is 0 Å². The molecule has 3 aromatic rings. The third-order valence-electron chi connectivity index (χ3n) is 3.09. The standard InChI is InChI=1S/C14H14N6O/c1-9-7-16-11(8-15-9)14(21)17-10(2)13-19-18-12-5-3-4-6-20(12)13/h3-8,10H,1-2H3,(H,17,21)/t10-/m0/s1. The molecule has 3 aromatic heterocycles. The molecule has 0 radical (unpaired) electrons. The number of aryl methyl sites for hydroxylation is 1. The van der Waals surface area contributed by atoms with Gasteiger partial charge in [0.05, 0.1) is 17.9 Å². The molecule has 106 valence electrons. The minimum absolute atomic E-state index is 0.279. The molecule has 0 aromatic carbocycles. The molecule has 7 nitrogen and oxygen atoms in total. The number of pyridine rings is 1. The zero-order valence-electron chi connectivity index (χ0n) is 11.7. The van der Waals surface area contributed by atoms with Crippen LogP contribution in [-0.2, 0) is 0 Å². The van der Waals surface area contributed by atoms with E-state index >= 15 is 0 Å². The number of hydrogen-bond acceptors (Lipinski definition) is 5. The quantitative estimate of drug-likeness (QED) is 0.783. The van der Waals surface area contributed by atoms with E-state index in [4.69, 9.17) is 0 Å². The Bertz CT molecular complexity index is 780. The number of rotatable bonds is 3. The second-order valence-corrected chi connectivity index (χ2v) is 4.73. The monoisotopic (exact) mass is 282 g/mol. The molecule has 0 spiro atoms. The zero-order valence-corrected chi connectivity index (χ0v) is 11.7. The Morgan fingerprint density at radius 3 is 2.86 bits per heavy atom. The average molecular weight is 282 g/mol. The number of aromatic nitrogens is 5. The summed E-state index contributed by atoms with van der Waals surface area (Å²) >= 11 is 0. The van der Waals surface area contributed by atoms with Crippen molar-refractivity contribution in [2.75, 3.05) is 0 Å². The second kappa shape index (κ2) is 5.28. The van der Waals surface area contributed by atoms with Crippen LogP contribution in [0.3, 0.4) is 0 Å². The Morgan fingerprint density at radius 1 is 1.24 bits per heavy atom. The number of carbonyl (C=O) groups excluding carboxylic acids is 1. The van der Waals surface area contributed by atoms with Gasteiger partial charge >= 0.3 is 0 Å². The fourth-order valence-corrected chi connectivity index (χ4v) is 2.00. The predicted molar refractivity (Wildman–Crippen MR) is 75.6 cm³/mol. The van der Waals surface area contributed by atoms with Crippen LogP contribution in [0.1, 0.15) is 35.0 Å². The fraction of sp³-hybridized carbons (Fsp3) is 0.214. The van der Waals surface area contributed by atoms with Crippen molar-refractivity contribution in [3.63, 3.8) is 0 Å². The Kier molecular flexibility index (Phi) is 3.31. The van der Waals surface area contributed by atoms with E-state index in [1.54, 1.807) is 6.20 Å². The number of nitrogens with one attached hydrogen (secondary N) is 1. The van der Waals surface area contributed by atoms with Crippen molar-refractivity contribution < 1.29 is 4.79 Å². The fourth-order valence-electron chi connectivity index (χ4n) is 2.00. The summed E-state index contributed by atoms with van der Waals surface area (Å²) in [6, 6.07) is 5.34. The molecule has 0 aliphatic rings. The SMILES string of the molecule is Cc1cnc(C(=O)N[C@@H](C)c2nnc3ccccn23)cn1. The third-order valence-corrected chi connectivity index (χ3v) is 3.09. The molecule has 3 heterocycles. The van der Waals surface area contributed by atoms with Gasteiger partial charge in [-0.05, 0) is 26.0 Å². The number of amides is 1. The van der Waals surface area contributed by atoms with Gasteiger partial charge in [-0.2, -0.15) is 0 Å². The van der Waals surface area contributed by atoms with E-state index in [2.05, 4.69) is 25.5 Å². The molecule has 0 bridgehead atoms. The maximum atomic E-state index is 12.1. The number of carbonyl (C=O) groups is 1. The van der Waals surface area contributed by atoms with Gasteiger partial charge in [-0.25, -0.2) is 4.98 Å². The summed E-state index contributed by atoms with van der Waals surface area (Å²) in [5.74, 6) is 0.377. The number of nitrogens with zero attached hydrogens (tertiary/aromatic N) is 5. The lowest BCUT2D eigenvalue weighted by Crippen LogP contribution is -2.28. The Morgan fingerprint density at radius 2 is 2.10 bits per heavy atom. The van der Waals surface area contributed by atoms with E-state index in [0.29, 0.717) is 5.82 Å². The van der Waals surface area contributed by atoms with E-state index in [9.17, 15) is 4.79 Å². The first-order valence-corrected chi connectivity index (χ1v) is 6.54. The van der Waals surface area contributed by atoms with Crippen LogP contribution in [0.25, 0.3) is 5.65 Å². The molecule has 0 unspecified atom stereocenters. The summed E-state index contributed by atoms with van der Waals surface area (Å²) in [5.41, 5.74) is 1.79. The lowest BCUT2D eigenvalue weighted by molar-refractivity contribution is 0.0932. The molecule has 1 N–H and O–H groups in total. The number of hydrogen-bond donors (Lipinski definition) is 1. The average Bonchev–Trinajstić information content (AvgIpc) is 2.92. The second-order valence-electron chi connectivity index (χ2n) is 4.73. The molecule has 1 atom stereocenters. The van der Waals surface area contributed by atoms with Crippen molar-refractivity contribution in [1.29, 1.82) is 0 Å². The van der Waals surface area contributed by atoms with E-state index in [0.717, 1.165) is 11.3 Å². The normalized spacial score (nSPS) is 12.3. The van der Waals surface area contributed by atoms with Crippen LogP contribution < -0.4 is 5.32 Å². The highest BCUT2D eigenvalue weighted by Crippen LogP contribution is 2.12. The molecule has 1 amide bonds. The van der Waals surface area contributed by atoms with Crippen molar-refractivity contribution >= 4 is 11.6 Å². The van der Waals surface area contributed by atoms with E-state index in [1.165, 1.54) is 6.20 Å². The van der Waals surface area contributed by atoms with Gasteiger partial charge in [0.1, 0.15) is 5.69 Å². The molecule has 0 saturated carbocycles. The summed E-state index contributed by atoms with van der Waals surface area (Å²) in [4.78, 5) is 20.2. The van der Waals surface area contributed by atoms with Gasteiger partial charge in [-0.1, -0.05) is 6.07 Å². The van der Waals surface area contributed by atoms with Crippen molar-refractivity contribution in [1.82, 2.24) is 29.9 Å².